The van der Waals surface area contributed by atoms with Gasteiger partial charge in [0.15, 0.2) is 9.84 Å². The predicted octanol–water partition coefficient (Wildman–Crippen LogP) is 1.77. The molecule has 0 N–H and O–H groups in total. The minimum absolute atomic E-state index is 0.254. The van der Waals surface area contributed by atoms with Crippen molar-refractivity contribution in [3.05, 3.63) is 12.7 Å². The highest BCUT2D eigenvalue weighted by molar-refractivity contribution is 7.92. The van der Waals surface area contributed by atoms with Crippen LogP contribution in [0.4, 0.5) is 0 Å². The SMILES string of the molecule is C=CC(C)S(=O)(=O)C(C)CC. The molecule has 0 saturated carbocycles. The average molecular weight is 176 g/mol. The summed E-state index contributed by atoms with van der Waals surface area (Å²) in [5.74, 6) is 0. The molecule has 2 nitrogen and oxygen atoms in total. The van der Waals surface area contributed by atoms with Crippen molar-refractivity contribution in [2.75, 3.05) is 0 Å². The Hall–Kier alpha value is -0.310. The molecule has 2 atom stereocenters. The molecule has 0 aromatic rings. The zero-order valence-electron chi connectivity index (χ0n) is 7.37. The number of rotatable bonds is 4. The Bertz CT molecular complexity index is 216. The van der Waals surface area contributed by atoms with Crippen molar-refractivity contribution in [3.63, 3.8) is 0 Å². The number of hydrogen-bond acceptors (Lipinski definition) is 2. The molecular weight excluding hydrogens is 160 g/mol. The van der Waals surface area contributed by atoms with Gasteiger partial charge in [-0.05, 0) is 20.3 Å². The molecule has 0 aliphatic rings. The molecule has 0 aliphatic carbocycles. The van der Waals surface area contributed by atoms with Crippen LogP contribution in [-0.2, 0) is 9.84 Å². The summed E-state index contributed by atoms with van der Waals surface area (Å²) >= 11 is 0. The topological polar surface area (TPSA) is 34.1 Å². The molecule has 0 heterocycles. The molecule has 66 valence electrons. The van der Waals surface area contributed by atoms with Crippen LogP contribution in [0.15, 0.2) is 12.7 Å². The second-order valence-electron chi connectivity index (χ2n) is 2.75. The van der Waals surface area contributed by atoms with Crippen LogP contribution in [0.2, 0.25) is 0 Å². The van der Waals surface area contributed by atoms with Gasteiger partial charge in [0.05, 0.1) is 10.5 Å². The normalized spacial score (nSPS) is 17.4. The first-order valence-corrected chi connectivity index (χ1v) is 5.43. The van der Waals surface area contributed by atoms with Gasteiger partial charge in [0.2, 0.25) is 0 Å². The molecule has 11 heavy (non-hydrogen) atoms. The van der Waals surface area contributed by atoms with Crippen molar-refractivity contribution >= 4 is 9.84 Å². The largest absolute Gasteiger partial charge is 0.228 e. The zero-order chi connectivity index (χ0) is 9.07. The van der Waals surface area contributed by atoms with Crippen LogP contribution in [-0.4, -0.2) is 18.9 Å². The van der Waals surface area contributed by atoms with E-state index in [1.165, 1.54) is 6.08 Å². The molecule has 0 bridgehead atoms. The average Bonchev–Trinajstić information content (AvgIpc) is 2.01. The number of hydrogen-bond donors (Lipinski definition) is 0. The Morgan fingerprint density at radius 2 is 1.91 bits per heavy atom. The summed E-state index contributed by atoms with van der Waals surface area (Å²) in [5.41, 5.74) is 0. The molecule has 0 aromatic heterocycles. The fourth-order valence-corrected chi connectivity index (χ4v) is 2.20. The number of sulfone groups is 1. The highest BCUT2D eigenvalue weighted by atomic mass is 32.2. The molecule has 0 spiro atoms. The molecule has 3 heteroatoms. The minimum Gasteiger partial charge on any atom is -0.228 e. The molecule has 0 aromatic carbocycles. The standard InChI is InChI=1S/C8H16O2S/c1-5-7(3)11(9,10)8(4)6-2/h5,7-8H,1,6H2,2-4H3. The van der Waals surface area contributed by atoms with E-state index in [0.717, 1.165) is 0 Å². The second kappa shape index (κ2) is 3.90. The van der Waals surface area contributed by atoms with E-state index < -0.39 is 15.1 Å². The van der Waals surface area contributed by atoms with Crippen molar-refractivity contribution in [1.82, 2.24) is 0 Å². The molecule has 0 amide bonds. The molecule has 0 aliphatic heterocycles. The van der Waals surface area contributed by atoms with Crippen molar-refractivity contribution < 1.29 is 8.42 Å². The van der Waals surface area contributed by atoms with Gasteiger partial charge in [-0.3, -0.25) is 0 Å². The van der Waals surface area contributed by atoms with Gasteiger partial charge in [0.1, 0.15) is 0 Å². The lowest BCUT2D eigenvalue weighted by Gasteiger charge is -2.13. The van der Waals surface area contributed by atoms with Crippen LogP contribution in [0, 0.1) is 0 Å². The van der Waals surface area contributed by atoms with E-state index in [-0.39, 0.29) is 5.25 Å². The van der Waals surface area contributed by atoms with E-state index in [1.807, 2.05) is 6.92 Å². The van der Waals surface area contributed by atoms with Crippen LogP contribution < -0.4 is 0 Å². The summed E-state index contributed by atoms with van der Waals surface area (Å²) in [6.07, 6.45) is 2.14. The molecule has 0 fully saturated rings. The van der Waals surface area contributed by atoms with Gasteiger partial charge < -0.3 is 0 Å². The van der Waals surface area contributed by atoms with Gasteiger partial charge in [0, 0.05) is 0 Å². The van der Waals surface area contributed by atoms with E-state index in [0.29, 0.717) is 6.42 Å². The van der Waals surface area contributed by atoms with Gasteiger partial charge in [-0.2, -0.15) is 0 Å². The van der Waals surface area contributed by atoms with Crippen molar-refractivity contribution in [3.8, 4) is 0 Å². The summed E-state index contributed by atoms with van der Waals surface area (Å²) in [6, 6.07) is 0. The minimum atomic E-state index is -2.96. The van der Waals surface area contributed by atoms with E-state index in [4.69, 9.17) is 0 Å². The van der Waals surface area contributed by atoms with Gasteiger partial charge >= 0.3 is 0 Å². The first-order valence-electron chi connectivity index (χ1n) is 3.82. The van der Waals surface area contributed by atoms with Crippen LogP contribution in [0.5, 0.6) is 0 Å². The first-order chi connectivity index (χ1) is 4.96. The zero-order valence-corrected chi connectivity index (χ0v) is 8.19. The second-order valence-corrected chi connectivity index (χ2v) is 5.48. The van der Waals surface area contributed by atoms with Crippen molar-refractivity contribution in [1.29, 1.82) is 0 Å². The summed E-state index contributed by atoms with van der Waals surface area (Å²) in [4.78, 5) is 0. The maximum Gasteiger partial charge on any atom is 0.158 e. The summed E-state index contributed by atoms with van der Waals surface area (Å²) in [5, 5.41) is -0.673. The first kappa shape index (κ1) is 10.7. The third kappa shape index (κ3) is 2.33. The van der Waals surface area contributed by atoms with Crippen LogP contribution in [0.3, 0.4) is 0 Å². The van der Waals surface area contributed by atoms with E-state index in [2.05, 4.69) is 6.58 Å². The highest BCUT2D eigenvalue weighted by Crippen LogP contribution is 2.12. The van der Waals surface area contributed by atoms with E-state index >= 15 is 0 Å². The lowest BCUT2D eigenvalue weighted by molar-refractivity contribution is 0.576. The third-order valence-electron chi connectivity index (χ3n) is 1.99. The Kier molecular flexibility index (Phi) is 3.79. The smallest absolute Gasteiger partial charge is 0.158 e. The lowest BCUT2D eigenvalue weighted by Crippen LogP contribution is -2.25. The quantitative estimate of drug-likeness (QED) is 0.612. The van der Waals surface area contributed by atoms with Gasteiger partial charge in [-0.1, -0.05) is 13.0 Å². The van der Waals surface area contributed by atoms with Crippen molar-refractivity contribution in [2.45, 2.75) is 37.7 Å². The Morgan fingerprint density at radius 3 is 2.18 bits per heavy atom. The van der Waals surface area contributed by atoms with Crippen LogP contribution in [0.25, 0.3) is 0 Å². The van der Waals surface area contributed by atoms with Crippen molar-refractivity contribution in [2.24, 2.45) is 0 Å². The lowest BCUT2D eigenvalue weighted by atomic mass is 10.4. The van der Waals surface area contributed by atoms with Gasteiger partial charge in [-0.25, -0.2) is 8.42 Å². The van der Waals surface area contributed by atoms with E-state index in [1.54, 1.807) is 13.8 Å². The molecule has 0 saturated heterocycles. The fraction of sp³-hybridized carbons (Fsp3) is 0.750. The molecule has 0 radical (unpaired) electrons. The third-order valence-corrected chi connectivity index (χ3v) is 4.67. The Labute approximate surface area is 69.2 Å². The summed E-state index contributed by atoms with van der Waals surface area (Å²) in [6.45, 7) is 8.73. The summed E-state index contributed by atoms with van der Waals surface area (Å²) < 4.78 is 22.8. The van der Waals surface area contributed by atoms with Gasteiger partial charge in [-0.15, -0.1) is 6.58 Å². The van der Waals surface area contributed by atoms with Crippen LogP contribution >= 0.6 is 0 Å². The Balaban J connectivity index is 4.59. The fourth-order valence-electron chi connectivity index (χ4n) is 0.733. The highest BCUT2D eigenvalue weighted by Gasteiger charge is 2.23. The van der Waals surface area contributed by atoms with Crippen LogP contribution in [0.1, 0.15) is 27.2 Å². The van der Waals surface area contributed by atoms with E-state index in [9.17, 15) is 8.42 Å². The molecule has 2 unspecified atom stereocenters. The molecule has 0 rings (SSSR count). The predicted molar refractivity (Wildman–Crippen MR) is 48.3 cm³/mol. The molecular formula is C8H16O2S. The maximum absolute atomic E-state index is 11.4. The summed E-state index contributed by atoms with van der Waals surface area (Å²) in [7, 11) is -2.96. The maximum atomic E-state index is 11.4. The van der Waals surface area contributed by atoms with Gasteiger partial charge in [0.25, 0.3) is 0 Å². The monoisotopic (exact) mass is 176 g/mol. The Morgan fingerprint density at radius 1 is 1.45 bits per heavy atom.